The van der Waals surface area contributed by atoms with E-state index in [1.165, 1.54) is 83.5 Å². The fraction of sp³-hybridized carbons (Fsp3) is 0.905. The van der Waals surface area contributed by atoms with Crippen molar-refractivity contribution in [2.45, 2.75) is 111 Å². The van der Waals surface area contributed by atoms with E-state index in [-0.39, 0.29) is 0 Å². The molecule has 0 saturated carbocycles. The number of allylic oxidation sites excluding steroid dienone is 1. The Balaban J connectivity index is 3.71. The van der Waals surface area contributed by atoms with Crippen LogP contribution in [0.3, 0.4) is 0 Å². The average Bonchev–Trinajstić information content (AvgIpc) is 2.56. The molecular weight excluding hydrogens is 282 g/mol. The second-order valence-electron chi connectivity index (χ2n) is 6.87. The van der Waals surface area contributed by atoms with Crippen LogP contribution in [0.15, 0.2) is 12.0 Å². The summed E-state index contributed by atoms with van der Waals surface area (Å²) in [7, 11) is 0. The molecule has 0 aliphatic heterocycles. The lowest BCUT2D eigenvalue weighted by molar-refractivity contribution is 0.194. The van der Waals surface area contributed by atoms with Gasteiger partial charge in [-0.1, -0.05) is 85.0 Å². The van der Waals surface area contributed by atoms with E-state index in [1.54, 1.807) is 0 Å². The van der Waals surface area contributed by atoms with Gasteiger partial charge in [0.15, 0.2) is 5.88 Å². The summed E-state index contributed by atoms with van der Waals surface area (Å²) < 4.78 is 0. The van der Waals surface area contributed by atoms with Gasteiger partial charge < -0.3 is 10.0 Å². The van der Waals surface area contributed by atoms with Crippen molar-refractivity contribution in [3.05, 3.63) is 12.0 Å². The summed E-state index contributed by atoms with van der Waals surface area (Å²) in [5, 5.41) is 10.3. The monoisotopic (exact) mass is 325 g/mol. The lowest BCUT2D eigenvalue weighted by atomic mass is 10.1. The minimum Gasteiger partial charge on any atom is -0.495 e. The summed E-state index contributed by atoms with van der Waals surface area (Å²) in [5.41, 5.74) is 0. The molecule has 0 heterocycles. The van der Waals surface area contributed by atoms with E-state index in [4.69, 9.17) is 0 Å². The molecule has 0 atom stereocenters. The fourth-order valence-corrected chi connectivity index (χ4v) is 2.85. The number of hydrogen-bond donors (Lipinski definition) is 1. The van der Waals surface area contributed by atoms with Gasteiger partial charge >= 0.3 is 0 Å². The number of rotatable bonds is 17. The lowest BCUT2D eigenvalue weighted by Crippen LogP contribution is -2.25. The molecule has 0 radical (unpaired) electrons. The molecule has 0 spiro atoms. The summed E-state index contributed by atoms with van der Waals surface area (Å²) in [5.74, 6) is 0.520. The van der Waals surface area contributed by atoms with Gasteiger partial charge in [0.1, 0.15) is 0 Å². The first-order chi connectivity index (χ1) is 11.3. The Morgan fingerprint density at radius 2 is 1.09 bits per heavy atom. The maximum atomic E-state index is 10.3. The molecule has 0 aromatic heterocycles. The molecule has 2 nitrogen and oxygen atoms in total. The number of hydrogen-bond acceptors (Lipinski definition) is 2. The Labute approximate surface area is 146 Å². The van der Waals surface area contributed by atoms with Crippen molar-refractivity contribution in [1.29, 1.82) is 0 Å². The van der Waals surface area contributed by atoms with Crippen LogP contribution in [0.4, 0.5) is 0 Å². The second kappa shape index (κ2) is 17.7. The number of nitrogens with zero attached hydrogens (tertiary/aromatic N) is 1. The molecule has 0 unspecified atom stereocenters. The van der Waals surface area contributed by atoms with Crippen molar-refractivity contribution >= 4 is 0 Å². The SMILES string of the molecule is CCCCCCCCCCCC=C(O)N(CCCC)CCCC. The van der Waals surface area contributed by atoms with Gasteiger partial charge in [-0.05, 0) is 31.8 Å². The fourth-order valence-electron chi connectivity index (χ4n) is 2.85. The first-order valence-corrected chi connectivity index (χ1v) is 10.4. The topological polar surface area (TPSA) is 23.5 Å². The van der Waals surface area contributed by atoms with Crippen molar-refractivity contribution < 1.29 is 5.11 Å². The van der Waals surface area contributed by atoms with Crippen molar-refractivity contribution in [2.75, 3.05) is 13.1 Å². The maximum Gasteiger partial charge on any atom is 0.182 e. The van der Waals surface area contributed by atoms with Crippen LogP contribution in [0.5, 0.6) is 0 Å². The van der Waals surface area contributed by atoms with Crippen LogP contribution in [0.25, 0.3) is 0 Å². The highest BCUT2D eigenvalue weighted by Gasteiger charge is 2.06. The minimum absolute atomic E-state index is 0.520. The zero-order valence-corrected chi connectivity index (χ0v) is 16.3. The molecule has 0 saturated heterocycles. The lowest BCUT2D eigenvalue weighted by Gasteiger charge is -2.23. The third-order valence-electron chi connectivity index (χ3n) is 4.52. The van der Waals surface area contributed by atoms with Gasteiger partial charge in [0.2, 0.25) is 0 Å². The summed E-state index contributed by atoms with van der Waals surface area (Å²) in [6.45, 7) is 8.68. The second-order valence-corrected chi connectivity index (χ2v) is 6.87. The van der Waals surface area contributed by atoms with E-state index in [0.717, 1.165) is 19.5 Å². The van der Waals surface area contributed by atoms with Crippen molar-refractivity contribution in [3.8, 4) is 0 Å². The van der Waals surface area contributed by atoms with Gasteiger partial charge in [-0.3, -0.25) is 0 Å². The predicted octanol–water partition coefficient (Wildman–Crippen LogP) is 7.21. The molecule has 0 amide bonds. The molecule has 0 bridgehead atoms. The molecule has 1 N–H and O–H groups in total. The summed E-state index contributed by atoms with van der Waals surface area (Å²) >= 11 is 0. The number of unbranched alkanes of at least 4 members (excludes halogenated alkanes) is 11. The normalized spacial score (nSPS) is 11.9. The van der Waals surface area contributed by atoms with E-state index < -0.39 is 0 Å². The molecule has 0 fully saturated rings. The van der Waals surface area contributed by atoms with Crippen LogP contribution in [0, 0.1) is 0 Å². The summed E-state index contributed by atoms with van der Waals surface area (Å²) in [6, 6.07) is 0. The minimum atomic E-state index is 0.520. The Bertz CT molecular complexity index is 255. The highest BCUT2D eigenvalue weighted by atomic mass is 16.3. The predicted molar refractivity (Wildman–Crippen MR) is 104 cm³/mol. The molecule has 0 aromatic rings. The smallest absolute Gasteiger partial charge is 0.182 e. The van der Waals surface area contributed by atoms with Gasteiger partial charge in [-0.2, -0.15) is 0 Å². The van der Waals surface area contributed by atoms with Crippen LogP contribution in [0.2, 0.25) is 0 Å². The van der Waals surface area contributed by atoms with Crippen molar-refractivity contribution in [1.82, 2.24) is 4.90 Å². The molecule has 0 aliphatic rings. The quantitative estimate of drug-likeness (QED) is 0.225. The van der Waals surface area contributed by atoms with E-state index in [0.29, 0.717) is 5.88 Å². The highest BCUT2D eigenvalue weighted by Crippen LogP contribution is 2.12. The summed E-state index contributed by atoms with van der Waals surface area (Å²) in [4.78, 5) is 2.17. The maximum absolute atomic E-state index is 10.3. The third-order valence-corrected chi connectivity index (χ3v) is 4.52. The van der Waals surface area contributed by atoms with Crippen LogP contribution >= 0.6 is 0 Å². The van der Waals surface area contributed by atoms with Crippen molar-refractivity contribution in [2.24, 2.45) is 0 Å². The first kappa shape index (κ1) is 22.3. The first-order valence-electron chi connectivity index (χ1n) is 10.4. The molecule has 2 heteroatoms. The van der Waals surface area contributed by atoms with Crippen LogP contribution < -0.4 is 0 Å². The van der Waals surface area contributed by atoms with E-state index >= 15 is 0 Å². The average molecular weight is 326 g/mol. The molecule has 0 aliphatic carbocycles. The highest BCUT2D eigenvalue weighted by molar-refractivity contribution is 4.90. The zero-order chi connectivity index (χ0) is 17.2. The van der Waals surface area contributed by atoms with Gasteiger partial charge in [0, 0.05) is 13.1 Å². The standard InChI is InChI=1S/C21H43NO/c1-4-7-10-11-12-13-14-15-16-17-18-21(23)22(19-8-5-2)20-9-6-3/h18,23H,4-17,19-20H2,1-3H3. The van der Waals surface area contributed by atoms with E-state index in [2.05, 4.69) is 25.7 Å². The van der Waals surface area contributed by atoms with Crippen molar-refractivity contribution in [3.63, 3.8) is 0 Å². The largest absolute Gasteiger partial charge is 0.495 e. The number of aliphatic hydroxyl groups excluding tert-OH is 1. The van der Waals surface area contributed by atoms with Gasteiger partial charge in [-0.15, -0.1) is 0 Å². The molecule has 0 rings (SSSR count). The third kappa shape index (κ3) is 14.7. The van der Waals surface area contributed by atoms with Crippen LogP contribution in [0.1, 0.15) is 111 Å². The molecule has 138 valence electrons. The molecule has 0 aromatic carbocycles. The van der Waals surface area contributed by atoms with Gasteiger partial charge in [-0.25, -0.2) is 0 Å². The van der Waals surface area contributed by atoms with Gasteiger partial charge in [0.25, 0.3) is 0 Å². The van der Waals surface area contributed by atoms with E-state index in [9.17, 15) is 5.11 Å². The Kier molecular flexibility index (Phi) is 17.2. The van der Waals surface area contributed by atoms with E-state index in [1.807, 2.05) is 6.08 Å². The van der Waals surface area contributed by atoms with Crippen LogP contribution in [-0.4, -0.2) is 23.1 Å². The van der Waals surface area contributed by atoms with Crippen LogP contribution in [-0.2, 0) is 0 Å². The Morgan fingerprint density at radius 3 is 1.57 bits per heavy atom. The Hall–Kier alpha value is -0.660. The molecular formula is C21H43NO. The zero-order valence-electron chi connectivity index (χ0n) is 16.3. The molecule has 23 heavy (non-hydrogen) atoms. The Morgan fingerprint density at radius 1 is 0.652 bits per heavy atom. The summed E-state index contributed by atoms with van der Waals surface area (Å²) in [6.07, 6.45) is 20.0. The van der Waals surface area contributed by atoms with Gasteiger partial charge in [0.05, 0.1) is 0 Å². The number of aliphatic hydroxyl groups is 1.